The molecule has 1 aromatic heterocycles. The number of carboxylic acids is 1. The fraction of sp³-hybridized carbons (Fsp3) is 0.400. The van der Waals surface area contributed by atoms with E-state index >= 15 is 0 Å². The summed E-state index contributed by atoms with van der Waals surface area (Å²) in [5, 5.41) is 21.4. The predicted octanol–water partition coefficient (Wildman–Crippen LogP) is 5.62. The molecule has 2 N–H and O–H groups in total. The molecular formula is C30H36N2O4. The summed E-state index contributed by atoms with van der Waals surface area (Å²) in [6.45, 7) is 6.06. The average Bonchev–Trinajstić information content (AvgIpc) is 2.90. The number of aliphatic hydroxyl groups is 1. The molecule has 4 rings (SSSR count). The number of rotatable bonds is 11. The zero-order chi connectivity index (χ0) is 25.5. The molecular weight excluding hydrogens is 452 g/mol. The van der Waals surface area contributed by atoms with Gasteiger partial charge in [-0.2, -0.15) is 0 Å². The number of methoxy groups -OCH3 is 1. The Morgan fingerprint density at radius 2 is 1.97 bits per heavy atom. The van der Waals surface area contributed by atoms with E-state index in [4.69, 9.17) is 4.74 Å². The molecule has 1 aliphatic heterocycles. The molecule has 1 fully saturated rings. The van der Waals surface area contributed by atoms with Gasteiger partial charge >= 0.3 is 5.97 Å². The molecule has 0 spiro atoms. The Morgan fingerprint density at radius 1 is 1.17 bits per heavy atom. The molecule has 2 heterocycles. The van der Waals surface area contributed by atoms with Gasteiger partial charge in [-0.05, 0) is 72.9 Å². The Morgan fingerprint density at radius 3 is 2.72 bits per heavy atom. The van der Waals surface area contributed by atoms with E-state index in [0.717, 1.165) is 60.3 Å². The number of allylic oxidation sites excluding steroid dienone is 1. The number of carboxylic acid groups (broad SMARTS) is 1. The molecule has 0 bridgehead atoms. The predicted molar refractivity (Wildman–Crippen MR) is 142 cm³/mol. The van der Waals surface area contributed by atoms with E-state index in [1.807, 2.05) is 42.5 Å². The summed E-state index contributed by atoms with van der Waals surface area (Å²) in [5.41, 5.74) is 4.00. The summed E-state index contributed by atoms with van der Waals surface area (Å²) in [7, 11) is 1.63. The number of benzene rings is 2. The summed E-state index contributed by atoms with van der Waals surface area (Å²) in [5.74, 6) is 0.596. The first-order valence-corrected chi connectivity index (χ1v) is 12.7. The minimum absolute atomic E-state index is 0.164. The van der Waals surface area contributed by atoms with Gasteiger partial charge in [0.1, 0.15) is 5.75 Å². The molecule has 6 nitrogen and oxygen atoms in total. The minimum Gasteiger partial charge on any atom is -0.497 e. The molecule has 190 valence electrons. The van der Waals surface area contributed by atoms with Gasteiger partial charge in [0, 0.05) is 43.2 Å². The lowest BCUT2D eigenvalue weighted by molar-refractivity contribution is -0.137. The largest absolute Gasteiger partial charge is 0.497 e. The number of aromatic nitrogens is 1. The van der Waals surface area contributed by atoms with E-state index in [1.54, 1.807) is 13.3 Å². The fourth-order valence-corrected chi connectivity index (χ4v) is 5.42. The number of aliphatic hydroxyl groups excluding tert-OH is 1. The van der Waals surface area contributed by atoms with E-state index < -0.39 is 12.1 Å². The first kappa shape index (κ1) is 25.7. The first-order chi connectivity index (χ1) is 17.4. The molecule has 3 atom stereocenters. The maximum atomic E-state index is 11.3. The van der Waals surface area contributed by atoms with Crippen molar-refractivity contribution in [2.45, 2.75) is 44.6 Å². The summed E-state index contributed by atoms with van der Waals surface area (Å²) in [6, 6.07) is 17.9. The Hall–Kier alpha value is -3.38. The van der Waals surface area contributed by atoms with Gasteiger partial charge in [-0.3, -0.25) is 9.78 Å². The van der Waals surface area contributed by atoms with Crippen molar-refractivity contribution in [3.05, 3.63) is 84.2 Å². The highest BCUT2D eigenvalue weighted by atomic mass is 16.5. The molecule has 0 amide bonds. The van der Waals surface area contributed by atoms with E-state index in [0.29, 0.717) is 18.8 Å². The zero-order valence-electron chi connectivity index (χ0n) is 21.0. The quantitative estimate of drug-likeness (QED) is 0.365. The van der Waals surface area contributed by atoms with Gasteiger partial charge in [0.15, 0.2) is 0 Å². The Kier molecular flexibility index (Phi) is 8.60. The second-order valence-corrected chi connectivity index (χ2v) is 9.79. The van der Waals surface area contributed by atoms with Crippen molar-refractivity contribution in [1.29, 1.82) is 0 Å². The Balaban J connectivity index is 1.42. The van der Waals surface area contributed by atoms with Gasteiger partial charge in [-0.15, -0.1) is 0 Å². The van der Waals surface area contributed by atoms with Gasteiger partial charge in [-0.25, -0.2) is 0 Å². The molecule has 0 radical (unpaired) electrons. The minimum atomic E-state index is -0.758. The molecule has 36 heavy (non-hydrogen) atoms. The highest BCUT2D eigenvalue weighted by molar-refractivity contribution is 5.83. The number of ether oxygens (including phenoxy) is 1. The molecule has 3 aromatic rings. The number of hydrogen-bond acceptors (Lipinski definition) is 5. The molecule has 0 saturated carbocycles. The molecule has 2 aromatic carbocycles. The highest BCUT2D eigenvalue weighted by Crippen LogP contribution is 2.36. The van der Waals surface area contributed by atoms with Gasteiger partial charge in [0.05, 0.1) is 18.7 Å². The number of aliphatic carboxylic acids is 1. The number of nitrogens with zero attached hydrogens (tertiary/aromatic N) is 2. The van der Waals surface area contributed by atoms with Crippen LogP contribution in [0.1, 0.15) is 49.3 Å². The van der Waals surface area contributed by atoms with Gasteiger partial charge < -0.3 is 19.8 Å². The van der Waals surface area contributed by atoms with E-state index in [9.17, 15) is 15.0 Å². The summed E-state index contributed by atoms with van der Waals surface area (Å²) >= 11 is 0. The maximum Gasteiger partial charge on any atom is 0.303 e. The van der Waals surface area contributed by atoms with Crippen molar-refractivity contribution in [2.75, 3.05) is 20.2 Å². The lowest BCUT2D eigenvalue weighted by atomic mass is 9.78. The first-order valence-electron chi connectivity index (χ1n) is 12.7. The number of hydrogen-bond donors (Lipinski definition) is 2. The zero-order valence-corrected chi connectivity index (χ0v) is 21.0. The van der Waals surface area contributed by atoms with Crippen molar-refractivity contribution >= 4 is 16.9 Å². The fourth-order valence-electron chi connectivity index (χ4n) is 5.42. The molecule has 1 unspecified atom stereocenters. The van der Waals surface area contributed by atoms with Crippen LogP contribution in [0.25, 0.3) is 10.9 Å². The van der Waals surface area contributed by atoms with Crippen LogP contribution in [-0.4, -0.2) is 46.3 Å². The lowest BCUT2D eigenvalue weighted by Gasteiger charge is -2.41. The average molecular weight is 489 g/mol. The Labute approximate surface area is 213 Å². The van der Waals surface area contributed by atoms with Crippen molar-refractivity contribution in [2.24, 2.45) is 11.8 Å². The maximum absolute atomic E-state index is 11.3. The van der Waals surface area contributed by atoms with Crippen LogP contribution in [0.5, 0.6) is 5.75 Å². The third kappa shape index (κ3) is 6.43. The Bertz CT molecular complexity index is 1180. The van der Waals surface area contributed by atoms with Crippen LogP contribution in [-0.2, 0) is 11.2 Å². The van der Waals surface area contributed by atoms with E-state index in [1.165, 1.54) is 5.56 Å². The molecule has 1 saturated heterocycles. The number of pyridine rings is 1. The standard InChI is InChI=1S/C30H36N2O4/c1-21(18-22-6-4-3-5-7-22)32-17-15-23(24(20-32)9-13-30(34)35)8-12-29(33)26-14-16-31-28-11-10-25(36-2)19-27(26)28/h3-7,10-11,14,16,19,23-24,29,33H,1,8-9,12-13,15,17-18,20H2,2H3,(H,34,35)/t23-,24+,29?/m1/s1. The van der Waals surface area contributed by atoms with Crippen molar-refractivity contribution in [3.63, 3.8) is 0 Å². The second kappa shape index (κ2) is 12.0. The molecule has 0 aliphatic carbocycles. The highest BCUT2D eigenvalue weighted by Gasteiger charge is 2.30. The summed E-state index contributed by atoms with van der Waals surface area (Å²) < 4.78 is 5.37. The summed E-state index contributed by atoms with van der Waals surface area (Å²) in [6.07, 6.45) is 5.16. The van der Waals surface area contributed by atoms with E-state index in [2.05, 4.69) is 28.6 Å². The van der Waals surface area contributed by atoms with Crippen molar-refractivity contribution in [1.82, 2.24) is 9.88 Å². The smallest absolute Gasteiger partial charge is 0.303 e. The van der Waals surface area contributed by atoms with Crippen LogP contribution < -0.4 is 4.74 Å². The van der Waals surface area contributed by atoms with Crippen LogP contribution in [0.2, 0.25) is 0 Å². The van der Waals surface area contributed by atoms with Crippen LogP contribution >= 0.6 is 0 Å². The number of piperidine rings is 1. The van der Waals surface area contributed by atoms with Crippen molar-refractivity contribution < 1.29 is 19.7 Å². The molecule has 1 aliphatic rings. The second-order valence-electron chi connectivity index (χ2n) is 9.79. The number of fused-ring (bicyclic) bond motifs is 1. The SMILES string of the molecule is C=C(Cc1ccccc1)N1CC[C@@H](CCC(O)c2ccnc3ccc(OC)cc23)[C@@H](CCC(=O)O)C1. The van der Waals surface area contributed by atoms with Crippen LogP contribution in [0.3, 0.4) is 0 Å². The normalized spacial score (nSPS) is 18.7. The summed E-state index contributed by atoms with van der Waals surface area (Å²) in [4.78, 5) is 18.1. The monoisotopic (exact) mass is 488 g/mol. The van der Waals surface area contributed by atoms with Gasteiger partial charge in [0.2, 0.25) is 0 Å². The number of likely N-dealkylation sites (tertiary alicyclic amines) is 1. The van der Waals surface area contributed by atoms with Crippen LogP contribution in [0, 0.1) is 11.8 Å². The van der Waals surface area contributed by atoms with Crippen LogP contribution in [0.4, 0.5) is 0 Å². The van der Waals surface area contributed by atoms with Crippen LogP contribution in [0.15, 0.2) is 73.1 Å². The molecule has 6 heteroatoms. The van der Waals surface area contributed by atoms with E-state index in [-0.39, 0.29) is 12.3 Å². The third-order valence-electron chi connectivity index (χ3n) is 7.47. The van der Waals surface area contributed by atoms with Gasteiger partial charge in [-0.1, -0.05) is 36.9 Å². The lowest BCUT2D eigenvalue weighted by Crippen LogP contribution is -2.40. The topological polar surface area (TPSA) is 82.9 Å². The van der Waals surface area contributed by atoms with Crippen molar-refractivity contribution in [3.8, 4) is 5.75 Å². The van der Waals surface area contributed by atoms with Gasteiger partial charge in [0.25, 0.3) is 0 Å². The third-order valence-corrected chi connectivity index (χ3v) is 7.47. The number of carbonyl (C=O) groups is 1.